The summed E-state index contributed by atoms with van der Waals surface area (Å²) in [7, 11) is 0. The van der Waals surface area contributed by atoms with Crippen LogP contribution in [0.3, 0.4) is 0 Å². The highest BCUT2D eigenvalue weighted by Crippen LogP contribution is 2.21. The maximum Gasteiger partial charge on any atom is 0.317 e. The van der Waals surface area contributed by atoms with E-state index in [9.17, 15) is 4.79 Å². The Kier molecular flexibility index (Phi) is 6.45. The zero-order valence-corrected chi connectivity index (χ0v) is 14.5. The monoisotopic (exact) mass is 326 g/mol. The van der Waals surface area contributed by atoms with Gasteiger partial charge in [0.2, 0.25) is 0 Å². The first kappa shape index (κ1) is 17.0. The van der Waals surface area contributed by atoms with Gasteiger partial charge in [-0.05, 0) is 12.8 Å². The Hall–Kier alpha value is -1.34. The van der Waals surface area contributed by atoms with E-state index in [-0.39, 0.29) is 6.03 Å². The number of carbonyl (C=O) groups excluding carboxylic acids is 1. The Balaban J connectivity index is 1.64. The molecule has 124 valence electrons. The van der Waals surface area contributed by atoms with Crippen molar-refractivity contribution in [3.8, 4) is 0 Å². The van der Waals surface area contributed by atoms with Crippen molar-refractivity contribution in [1.82, 2.24) is 15.2 Å². The van der Waals surface area contributed by atoms with Crippen LogP contribution in [0, 0.1) is 12.8 Å². The van der Waals surface area contributed by atoms with Crippen molar-refractivity contribution in [3.63, 3.8) is 0 Å². The molecule has 0 atom stereocenters. The zero-order valence-electron chi connectivity index (χ0n) is 13.7. The summed E-state index contributed by atoms with van der Waals surface area (Å²) in [5.41, 5.74) is 1.06. The molecule has 2 heterocycles. The largest absolute Gasteiger partial charge is 0.379 e. The van der Waals surface area contributed by atoms with E-state index in [4.69, 9.17) is 4.74 Å². The molecule has 0 unspecified atom stereocenters. The molecule has 1 saturated heterocycles. The molecule has 2 amide bonds. The van der Waals surface area contributed by atoms with E-state index in [1.165, 1.54) is 0 Å². The third kappa shape index (κ3) is 5.14. The first-order valence-corrected chi connectivity index (χ1v) is 8.72. The maximum atomic E-state index is 12.1. The summed E-state index contributed by atoms with van der Waals surface area (Å²) in [6.07, 6.45) is 0. The van der Waals surface area contributed by atoms with E-state index in [1.807, 2.05) is 11.8 Å². The third-order valence-corrected chi connectivity index (χ3v) is 4.44. The van der Waals surface area contributed by atoms with Gasteiger partial charge in [-0.3, -0.25) is 0 Å². The normalized spacial score (nSPS) is 15.5. The SMILES string of the molecule is Cc1csc(N2CCN(C(=O)NCCOCC(C)C)CC2)n1. The molecular weight excluding hydrogens is 300 g/mol. The molecule has 1 aliphatic rings. The van der Waals surface area contributed by atoms with Gasteiger partial charge in [0.1, 0.15) is 0 Å². The number of nitrogens with zero attached hydrogens (tertiary/aromatic N) is 3. The average molecular weight is 326 g/mol. The summed E-state index contributed by atoms with van der Waals surface area (Å²) in [4.78, 5) is 20.7. The van der Waals surface area contributed by atoms with Gasteiger partial charge in [-0.25, -0.2) is 9.78 Å². The minimum Gasteiger partial charge on any atom is -0.379 e. The van der Waals surface area contributed by atoms with Crippen LogP contribution in [0.25, 0.3) is 0 Å². The summed E-state index contributed by atoms with van der Waals surface area (Å²) in [5.74, 6) is 0.526. The Morgan fingerprint density at radius 1 is 1.41 bits per heavy atom. The number of carbonyl (C=O) groups is 1. The minimum absolute atomic E-state index is 0.00289. The molecule has 1 aliphatic heterocycles. The van der Waals surface area contributed by atoms with Crippen molar-refractivity contribution in [2.45, 2.75) is 20.8 Å². The number of anilines is 1. The second kappa shape index (κ2) is 8.33. The van der Waals surface area contributed by atoms with Crippen molar-refractivity contribution >= 4 is 22.5 Å². The third-order valence-electron chi connectivity index (χ3n) is 3.42. The van der Waals surface area contributed by atoms with E-state index in [0.717, 1.165) is 43.6 Å². The highest BCUT2D eigenvalue weighted by atomic mass is 32.1. The summed E-state index contributed by atoms with van der Waals surface area (Å²) < 4.78 is 5.46. The van der Waals surface area contributed by atoms with Crippen LogP contribution in [-0.2, 0) is 4.74 Å². The topological polar surface area (TPSA) is 57.7 Å². The van der Waals surface area contributed by atoms with E-state index >= 15 is 0 Å². The number of aryl methyl sites for hydroxylation is 1. The number of aromatic nitrogens is 1. The lowest BCUT2D eigenvalue weighted by molar-refractivity contribution is 0.111. The van der Waals surface area contributed by atoms with Gasteiger partial charge in [0, 0.05) is 44.7 Å². The molecular formula is C15H26N4O2S. The quantitative estimate of drug-likeness (QED) is 0.812. The minimum atomic E-state index is 0.00289. The molecule has 1 fully saturated rings. The standard InChI is InChI=1S/C15H26N4O2S/c1-12(2)10-21-9-4-16-14(20)18-5-7-19(8-6-18)15-17-13(3)11-22-15/h11-12H,4-10H2,1-3H3,(H,16,20). The van der Waals surface area contributed by atoms with Crippen LogP contribution in [0.5, 0.6) is 0 Å². The fraction of sp³-hybridized carbons (Fsp3) is 0.733. The van der Waals surface area contributed by atoms with Gasteiger partial charge in [-0.2, -0.15) is 0 Å². The van der Waals surface area contributed by atoms with Gasteiger partial charge in [-0.15, -0.1) is 11.3 Å². The maximum absolute atomic E-state index is 12.1. The molecule has 1 aromatic heterocycles. The fourth-order valence-electron chi connectivity index (χ4n) is 2.25. The van der Waals surface area contributed by atoms with E-state index in [0.29, 0.717) is 19.1 Å². The van der Waals surface area contributed by atoms with Gasteiger partial charge < -0.3 is 19.9 Å². The smallest absolute Gasteiger partial charge is 0.317 e. The van der Waals surface area contributed by atoms with E-state index < -0.39 is 0 Å². The molecule has 0 saturated carbocycles. The Bertz CT molecular complexity index is 470. The number of thiazole rings is 1. The predicted molar refractivity (Wildman–Crippen MR) is 89.7 cm³/mol. The fourth-order valence-corrected chi connectivity index (χ4v) is 3.11. The predicted octanol–water partition coefficient (Wildman–Crippen LogP) is 1.96. The molecule has 0 bridgehead atoms. The molecule has 6 nitrogen and oxygen atoms in total. The number of hydrogen-bond donors (Lipinski definition) is 1. The lowest BCUT2D eigenvalue weighted by Gasteiger charge is -2.34. The number of nitrogens with one attached hydrogen (secondary N) is 1. The van der Waals surface area contributed by atoms with E-state index in [1.54, 1.807) is 11.3 Å². The lowest BCUT2D eigenvalue weighted by Crippen LogP contribution is -2.52. The van der Waals surface area contributed by atoms with Crippen molar-refractivity contribution in [1.29, 1.82) is 0 Å². The second-order valence-corrected chi connectivity index (χ2v) is 6.78. The highest BCUT2D eigenvalue weighted by molar-refractivity contribution is 7.13. The summed E-state index contributed by atoms with van der Waals surface area (Å²) in [5, 5.41) is 6.03. The van der Waals surface area contributed by atoms with Crippen molar-refractivity contribution in [2.24, 2.45) is 5.92 Å². The van der Waals surface area contributed by atoms with Crippen LogP contribution in [0.4, 0.5) is 9.93 Å². The van der Waals surface area contributed by atoms with Crippen LogP contribution in [0.1, 0.15) is 19.5 Å². The Morgan fingerprint density at radius 3 is 2.73 bits per heavy atom. The number of hydrogen-bond acceptors (Lipinski definition) is 5. The zero-order chi connectivity index (χ0) is 15.9. The number of piperazine rings is 1. The van der Waals surface area contributed by atoms with Gasteiger partial charge >= 0.3 is 6.03 Å². The number of rotatable bonds is 6. The molecule has 22 heavy (non-hydrogen) atoms. The van der Waals surface area contributed by atoms with Crippen LogP contribution >= 0.6 is 11.3 Å². The number of urea groups is 1. The first-order valence-electron chi connectivity index (χ1n) is 7.84. The molecule has 0 aliphatic carbocycles. The second-order valence-electron chi connectivity index (χ2n) is 5.95. The molecule has 0 spiro atoms. The summed E-state index contributed by atoms with van der Waals surface area (Å²) >= 11 is 1.67. The van der Waals surface area contributed by atoms with Crippen LogP contribution < -0.4 is 10.2 Å². The summed E-state index contributed by atoms with van der Waals surface area (Å²) in [6, 6.07) is 0.00289. The molecule has 7 heteroatoms. The number of amides is 2. The Labute approximate surface area is 136 Å². The van der Waals surface area contributed by atoms with Crippen LogP contribution in [-0.4, -0.2) is 61.9 Å². The molecule has 1 N–H and O–H groups in total. The van der Waals surface area contributed by atoms with Crippen molar-refractivity contribution in [2.75, 3.05) is 50.8 Å². The molecule has 1 aromatic rings. The molecule has 0 aromatic carbocycles. The molecule has 0 radical (unpaired) electrons. The van der Waals surface area contributed by atoms with Gasteiger partial charge in [-0.1, -0.05) is 13.8 Å². The first-order chi connectivity index (χ1) is 10.6. The van der Waals surface area contributed by atoms with Crippen molar-refractivity contribution in [3.05, 3.63) is 11.1 Å². The highest BCUT2D eigenvalue weighted by Gasteiger charge is 2.22. The number of ether oxygens (including phenoxy) is 1. The summed E-state index contributed by atoms with van der Waals surface area (Å²) in [6.45, 7) is 11.2. The Morgan fingerprint density at radius 2 is 2.14 bits per heavy atom. The van der Waals surface area contributed by atoms with Crippen LogP contribution in [0.15, 0.2) is 5.38 Å². The van der Waals surface area contributed by atoms with Gasteiger partial charge in [0.25, 0.3) is 0 Å². The van der Waals surface area contributed by atoms with Crippen LogP contribution in [0.2, 0.25) is 0 Å². The molecule has 2 rings (SSSR count). The average Bonchev–Trinajstić information content (AvgIpc) is 2.93. The van der Waals surface area contributed by atoms with Crippen molar-refractivity contribution < 1.29 is 9.53 Å². The van der Waals surface area contributed by atoms with Gasteiger partial charge in [0.05, 0.1) is 12.3 Å². The van der Waals surface area contributed by atoms with Gasteiger partial charge in [0.15, 0.2) is 5.13 Å². The van der Waals surface area contributed by atoms with E-state index in [2.05, 4.69) is 34.4 Å². The lowest BCUT2D eigenvalue weighted by atomic mass is 10.2.